The molecule has 0 spiro atoms. The molecule has 5 aromatic rings. The number of aromatic amines is 1. The van der Waals surface area contributed by atoms with Crippen LogP contribution in [0.15, 0.2) is 48.9 Å². The van der Waals surface area contributed by atoms with Crippen LogP contribution in [-0.2, 0) is 0 Å². The Labute approximate surface area is 229 Å². The number of rotatable bonds is 4. The summed E-state index contributed by atoms with van der Waals surface area (Å²) in [5.41, 5.74) is 4.58. The van der Waals surface area contributed by atoms with Gasteiger partial charge in [-0.1, -0.05) is 11.6 Å². The van der Waals surface area contributed by atoms with E-state index in [1.54, 1.807) is 12.3 Å². The molecule has 0 radical (unpaired) electrons. The first-order valence-corrected chi connectivity index (χ1v) is 13.6. The molecule has 2 aromatic carbocycles. The van der Waals surface area contributed by atoms with Gasteiger partial charge in [-0.2, -0.15) is 5.10 Å². The van der Waals surface area contributed by atoms with E-state index in [4.69, 9.17) is 21.3 Å². The van der Waals surface area contributed by atoms with Gasteiger partial charge in [-0.3, -0.25) is 9.67 Å². The quantitative estimate of drug-likeness (QED) is 0.317. The van der Waals surface area contributed by atoms with E-state index in [-0.39, 0.29) is 12.1 Å². The third-order valence-electron chi connectivity index (χ3n) is 7.55. The Bertz CT molecular complexity index is 1700. The number of H-pyrrole nitrogens is 1. The maximum atomic E-state index is 12.5. The number of carbonyl (C=O) groups excluding carboxylic acids is 1. The van der Waals surface area contributed by atoms with Gasteiger partial charge in [0.1, 0.15) is 27.9 Å². The summed E-state index contributed by atoms with van der Waals surface area (Å²) in [7, 11) is 0. The highest BCUT2D eigenvalue weighted by Crippen LogP contribution is 2.36. The first-order valence-electron chi connectivity index (χ1n) is 13.2. The number of hydrogen-bond donors (Lipinski definition) is 1. The van der Waals surface area contributed by atoms with Crippen molar-refractivity contribution in [1.82, 2.24) is 39.5 Å². The second-order valence-corrected chi connectivity index (χ2v) is 10.5. The van der Waals surface area contributed by atoms with E-state index >= 15 is 0 Å². The number of ether oxygens (including phenoxy) is 1. The zero-order chi connectivity index (χ0) is 26.5. The number of amides is 2. The second-order valence-electron chi connectivity index (χ2n) is 10.2. The van der Waals surface area contributed by atoms with Crippen LogP contribution >= 0.6 is 11.6 Å². The van der Waals surface area contributed by atoms with E-state index in [1.807, 2.05) is 58.1 Å². The van der Waals surface area contributed by atoms with E-state index in [0.29, 0.717) is 33.2 Å². The molecule has 0 atom stereocenters. The summed E-state index contributed by atoms with van der Waals surface area (Å²) in [6, 6.07) is 9.75. The van der Waals surface area contributed by atoms with Crippen molar-refractivity contribution >= 4 is 39.7 Å². The number of nitrogens with zero attached hydrogens (tertiary/aromatic N) is 7. The minimum Gasteiger partial charge on any atom is -0.456 e. The Morgan fingerprint density at radius 2 is 1.82 bits per heavy atom. The summed E-state index contributed by atoms with van der Waals surface area (Å²) in [5.74, 6) is 2.00. The summed E-state index contributed by atoms with van der Waals surface area (Å²) < 4.78 is 8.11. The van der Waals surface area contributed by atoms with Crippen LogP contribution in [0.4, 0.5) is 4.79 Å². The molecule has 0 saturated carbocycles. The van der Waals surface area contributed by atoms with Crippen molar-refractivity contribution in [2.75, 3.05) is 26.2 Å². The molecule has 2 aliphatic heterocycles. The lowest BCUT2D eigenvalue weighted by atomic mass is 10.1. The van der Waals surface area contributed by atoms with Crippen LogP contribution in [0.5, 0.6) is 11.5 Å². The fraction of sp³-hybridized carbons (Fsp3) is 0.321. The first kappa shape index (κ1) is 23.9. The largest absolute Gasteiger partial charge is 0.456 e. The Kier molecular flexibility index (Phi) is 5.84. The summed E-state index contributed by atoms with van der Waals surface area (Å²) in [4.78, 5) is 33.5. The third kappa shape index (κ3) is 4.44. The Hall–Kier alpha value is -4.18. The van der Waals surface area contributed by atoms with Gasteiger partial charge in [0.05, 0.1) is 40.7 Å². The van der Waals surface area contributed by atoms with Crippen LogP contribution in [0.2, 0.25) is 5.02 Å². The number of urea groups is 1. The van der Waals surface area contributed by atoms with Crippen molar-refractivity contribution in [1.29, 1.82) is 0 Å². The molecule has 0 bridgehead atoms. The molecule has 10 nitrogen and oxygen atoms in total. The van der Waals surface area contributed by atoms with E-state index in [1.165, 1.54) is 0 Å². The number of likely N-dealkylation sites (tertiary alicyclic amines) is 2. The van der Waals surface area contributed by atoms with Crippen LogP contribution in [-0.4, -0.2) is 71.7 Å². The fourth-order valence-electron chi connectivity index (χ4n) is 5.25. The SMILES string of the molecule is Cc1nc2ccc(Oc3ccc4ncc(-c5cnn(C6CCN(C(=O)N7CCC7)CC6)c5)nc4c3Cl)cc2[nH]1. The number of fused-ring (bicyclic) bond motifs is 2. The molecule has 3 aromatic heterocycles. The van der Waals surface area contributed by atoms with E-state index in [2.05, 4.69) is 20.1 Å². The summed E-state index contributed by atoms with van der Waals surface area (Å²) >= 11 is 6.77. The van der Waals surface area contributed by atoms with Crippen molar-refractivity contribution in [2.45, 2.75) is 32.2 Å². The van der Waals surface area contributed by atoms with Crippen molar-refractivity contribution in [3.05, 3.63) is 59.8 Å². The molecule has 7 rings (SSSR count). The summed E-state index contributed by atoms with van der Waals surface area (Å²) in [5, 5.41) is 5.02. The standard InChI is InChI=1S/C28H27ClN8O2/c1-17-32-21-4-3-20(13-23(21)33-17)39-25-6-5-22-27(26(25)29)34-24(15-30-22)18-14-31-37(16-18)19-7-11-36(12-8-19)28(38)35-9-2-10-35/h3-6,13-16,19H,2,7-12H2,1H3,(H,32,33). The summed E-state index contributed by atoms with van der Waals surface area (Å²) in [6.07, 6.45) is 8.41. The highest BCUT2D eigenvalue weighted by atomic mass is 35.5. The lowest BCUT2D eigenvalue weighted by Crippen LogP contribution is -2.51. The molecule has 2 aliphatic rings. The van der Waals surface area contributed by atoms with Gasteiger partial charge >= 0.3 is 6.03 Å². The van der Waals surface area contributed by atoms with Crippen molar-refractivity contribution in [3.8, 4) is 22.8 Å². The highest BCUT2D eigenvalue weighted by molar-refractivity contribution is 6.36. The molecule has 5 heterocycles. The predicted molar refractivity (Wildman–Crippen MR) is 148 cm³/mol. The van der Waals surface area contributed by atoms with Gasteiger partial charge < -0.3 is 19.5 Å². The molecule has 2 saturated heterocycles. The average Bonchev–Trinajstić information content (AvgIpc) is 3.55. The minimum absolute atomic E-state index is 0.171. The first-order chi connectivity index (χ1) is 19.0. The zero-order valence-corrected chi connectivity index (χ0v) is 22.2. The minimum atomic E-state index is 0.171. The number of benzene rings is 2. The lowest BCUT2D eigenvalue weighted by Gasteiger charge is -2.39. The number of hydrogen-bond acceptors (Lipinski definition) is 6. The molecule has 2 amide bonds. The van der Waals surface area contributed by atoms with Gasteiger partial charge in [0.2, 0.25) is 0 Å². The van der Waals surface area contributed by atoms with Crippen LogP contribution in [0.1, 0.15) is 31.1 Å². The molecule has 0 aliphatic carbocycles. The Balaban J connectivity index is 1.10. The maximum Gasteiger partial charge on any atom is 0.320 e. The number of carbonyl (C=O) groups is 1. The third-order valence-corrected chi connectivity index (χ3v) is 7.92. The Morgan fingerprint density at radius 1 is 1.03 bits per heavy atom. The lowest BCUT2D eigenvalue weighted by molar-refractivity contribution is 0.110. The summed E-state index contributed by atoms with van der Waals surface area (Å²) in [6.45, 7) is 5.17. The molecule has 2 fully saturated rings. The number of halogens is 1. The normalized spacial score (nSPS) is 16.2. The van der Waals surface area contributed by atoms with Gasteiger partial charge in [0, 0.05) is 44.0 Å². The zero-order valence-electron chi connectivity index (χ0n) is 21.5. The van der Waals surface area contributed by atoms with Crippen LogP contribution in [0, 0.1) is 6.92 Å². The molecule has 1 N–H and O–H groups in total. The fourth-order valence-corrected chi connectivity index (χ4v) is 5.49. The smallest absolute Gasteiger partial charge is 0.320 e. The number of imidazole rings is 1. The van der Waals surface area contributed by atoms with Gasteiger partial charge in [-0.25, -0.2) is 14.8 Å². The van der Waals surface area contributed by atoms with E-state index < -0.39 is 0 Å². The number of aromatic nitrogens is 6. The van der Waals surface area contributed by atoms with Gasteiger partial charge in [0.25, 0.3) is 0 Å². The molecular formula is C28H27ClN8O2. The van der Waals surface area contributed by atoms with Crippen LogP contribution < -0.4 is 4.74 Å². The number of aryl methyl sites for hydroxylation is 1. The number of piperidine rings is 1. The van der Waals surface area contributed by atoms with Crippen molar-refractivity contribution < 1.29 is 9.53 Å². The molecule has 39 heavy (non-hydrogen) atoms. The molecular weight excluding hydrogens is 516 g/mol. The highest BCUT2D eigenvalue weighted by Gasteiger charge is 2.29. The van der Waals surface area contributed by atoms with Gasteiger partial charge in [-0.05, 0) is 50.5 Å². The molecule has 11 heteroatoms. The van der Waals surface area contributed by atoms with E-state index in [0.717, 1.165) is 67.9 Å². The van der Waals surface area contributed by atoms with Gasteiger partial charge in [-0.15, -0.1) is 0 Å². The Morgan fingerprint density at radius 3 is 2.62 bits per heavy atom. The van der Waals surface area contributed by atoms with Crippen LogP contribution in [0.25, 0.3) is 33.3 Å². The van der Waals surface area contributed by atoms with Crippen molar-refractivity contribution in [2.24, 2.45) is 0 Å². The van der Waals surface area contributed by atoms with Crippen LogP contribution in [0.3, 0.4) is 0 Å². The second kappa shape index (κ2) is 9.53. The van der Waals surface area contributed by atoms with Crippen molar-refractivity contribution in [3.63, 3.8) is 0 Å². The maximum absolute atomic E-state index is 12.5. The predicted octanol–water partition coefficient (Wildman–Crippen LogP) is 5.59. The molecule has 198 valence electrons. The van der Waals surface area contributed by atoms with Gasteiger partial charge in [0.15, 0.2) is 0 Å². The monoisotopic (exact) mass is 542 g/mol. The number of nitrogens with one attached hydrogen (secondary N) is 1. The topological polar surface area (TPSA) is 105 Å². The molecule has 0 unspecified atom stereocenters. The average molecular weight is 543 g/mol. The van der Waals surface area contributed by atoms with E-state index in [9.17, 15) is 4.79 Å².